The van der Waals surface area contributed by atoms with Gasteiger partial charge in [0.05, 0.1) is 36.5 Å². The van der Waals surface area contributed by atoms with E-state index in [9.17, 15) is 61.9 Å². The summed E-state index contributed by atoms with van der Waals surface area (Å²) < 4.78 is 33.5. The van der Waals surface area contributed by atoms with Crippen molar-refractivity contribution in [2.24, 2.45) is 11.7 Å². The third-order valence-corrected chi connectivity index (χ3v) is 23.0. The van der Waals surface area contributed by atoms with Gasteiger partial charge in [0, 0.05) is 182 Å². The Kier molecular flexibility index (Phi) is 53.0. The average Bonchev–Trinajstić information content (AvgIpc) is 1.63. The fraction of sp³-hybridized carbons (Fsp3) is 0.415. The number of amides is 8. The Labute approximate surface area is 849 Å². The van der Waals surface area contributed by atoms with Crippen molar-refractivity contribution in [3.63, 3.8) is 0 Å². The largest absolute Gasteiger partial charge is 1.00 e. The Morgan fingerprint density at radius 2 is 0.777 bits per heavy atom. The molecule has 737 valence electrons. The van der Waals surface area contributed by atoms with Crippen molar-refractivity contribution in [3.05, 3.63) is 253 Å². The normalized spacial score (nSPS) is 15.3. The van der Waals surface area contributed by atoms with Crippen LogP contribution in [0.5, 0.6) is 0 Å². The number of aliphatic hydroxyl groups excluding tert-OH is 1. The van der Waals surface area contributed by atoms with Crippen molar-refractivity contribution in [1.82, 2.24) is 60.8 Å². The van der Waals surface area contributed by atoms with E-state index in [0.717, 1.165) is 148 Å². The van der Waals surface area contributed by atoms with E-state index in [0.29, 0.717) is 112 Å². The first-order valence-corrected chi connectivity index (χ1v) is 47.1. The molecule has 0 spiro atoms. The van der Waals surface area contributed by atoms with Crippen molar-refractivity contribution in [1.29, 1.82) is 0 Å². The predicted molar refractivity (Wildman–Crippen MR) is 534 cm³/mol. The molecule has 0 unspecified atom stereocenters. The summed E-state index contributed by atoms with van der Waals surface area (Å²) in [7, 11) is 2.56. The Hall–Kier alpha value is -12.3. The van der Waals surface area contributed by atoms with Gasteiger partial charge in [-0.2, -0.15) is 0 Å². The maximum atomic E-state index is 13.0. The van der Waals surface area contributed by atoms with E-state index in [-0.39, 0.29) is 125 Å². The number of likely N-dealkylation sites (tertiary alicyclic amines) is 4. The van der Waals surface area contributed by atoms with Crippen LogP contribution in [0.15, 0.2) is 219 Å². The number of hydrogen-bond acceptors (Lipinski definition) is 20. The number of benzene rings is 5. The number of halogens is 2. The third kappa shape index (κ3) is 41.0. The first-order chi connectivity index (χ1) is 67.3. The minimum Gasteiger partial charge on any atom is -1.00 e. The number of nitrogens with zero attached hydrogens (tertiary/aromatic N) is 8. The van der Waals surface area contributed by atoms with Gasteiger partial charge in [-0.05, 0) is 236 Å². The molecule has 4 aromatic heterocycles. The third-order valence-electron chi connectivity index (χ3n) is 22.9. The van der Waals surface area contributed by atoms with Gasteiger partial charge < -0.3 is 72.5 Å². The molecule has 5 aromatic carbocycles. The molecule has 9 aromatic rings. The van der Waals surface area contributed by atoms with Crippen LogP contribution in [0, 0.1) is 11.7 Å². The number of nitrogens with one attached hydrogen (secondary N) is 4. The number of carboxylic acid groups (broad SMARTS) is 1. The van der Waals surface area contributed by atoms with Gasteiger partial charge >= 0.3 is 46.9 Å². The second-order valence-corrected chi connectivity index (χ2v) is 33.8. The summed E-state index contributed by atoms with van der Waals surface area (Å²) in [5.41, 5.74) is 14.9. The molecule has 8 heterocycles. The number of piperidine rings is 4. The molecule has 139 heavy (non-hydrogen) atoms. The second-order valence-electron chi connectivity index (χ2n) is 33.5. The molecule has 5 aliphatic rings. The smallest absolute Gasteiger partial charge is 1.00 e. The summed E-state index contributed by atoms with van der Waals surface area (Å²) in [6.07, 6.45) is 22.5. The van der Waals surface area contributed by atoms with Crippen LogP contribution in [0.4, 0.5) is 9.18 Å². The van der Waals surface area contributed by atoms with Gasteiger partial charge in [-0.3, -0.25) is 67.9 Å². The van der Waals surface area contributed by atoms with Gasteiger partial charge in [0.25, 0.3) is 23.6 Å². The molecule has 4 aliphatic heterocycles. The molecule has 5 fully saturated rings. The number of nitrogens with two attached hydrogens (primary N) is 1. The number of rotatable bonds is 31. The summed E-state index contributed by atoms with van der Waals surface area (Å²) in [4.78, 5) is 170. The predicted octanol–water partition coefficient (Wildman–Crippen LogP) is 13.1. The van der Waals surface area contributed by atoms with Crippen LogP contribution in [0.2, 0.25) is 0 Å². The Bertz CT molecular complexity index is 5230. The minimum atomic E-state index is -0.990. The summed E-state index contributed by atoms with van der Waals surface area (Å²) in [5, 5.41) is 29.4. The zero-order valence-corrected chi connectivity index (χ0v) is 83.4. The number of aliphatic hydroxyl groups is 1. The summed E-state index contributed by atoms with van der Waals surface area (Å²) in [5.74, 6) is -2.55. The molecule has 3 radical (unpaired) electrons. The zero-order chi connectivity index (χ0) is 101. The molecular formula is C106H134BClFN13NaO16. The molecule has 14 rings (SSSR count). The van der Waals surface area contributed by atoms with Crippen LogP contribution >= 0.6 is 11.6 Å². The topological polar surface area (TPSA) is 402 Å². The first kappa shape index (κ1) is 114. The Morgan fingerprint density at radius 3 is 1.01 bits per heavy atom. The number of ether oxygens (including phenoxy) is 2. The molecule has 29 nitrogen and oxygen atoms in total. The molecule has 4 saturated heterocycles. The zero-order valence-electron chi connectivity index (χ0n) is 83.6. The van der Waals surface area contributed by atoms with Gasteiger partial charge in [0.15, 0.2) is 0 Å². The number of esters is 1. The van der Waals surface area contributed by atoms with Crippen molar-refractivity contribution in [2.45, 2.75) is 206 Å². The maximum Gasteiger partial charge on any atom is 1.00 e. The quantitative estimate of drug-likeness (QED) is 0.00918. The van der Waals surface area contributed by atoms with Crippen LogP contribution in [-0.2, 0) is 43.0 Å². The van der Waals surface area contributed by atoms with Crippen LogP contribution in [0.25, 0.3) is 45.0 Å². The van der Waals surface area contributed by atoms with Crippen LogP contribution in [0.3, 0.4) is 0 Å². The molecule has 33 heteroatoms. The average molecular weight is 1940 g/mol. The number of carboxylic acids is 1. The Balaban J connectivity index is 0.000000363. The number of methoxy groups -OCH3 is 1. The van der Waals surface area contributed by atoms with Gasteiger partial charge in [0.2, 0.25) is 23.6 Å². The minimum absolute atomic E-state index is 0. The van der Waals surface area contributed by atoms with E-state index in [1.54, 1.807) is 107 Å². The molecule has 1 saturated carbocycles. The van der Waals surface area contributed by atoms with Crippen LogP contribution < -0.4 is 56.6 Å². The molecule has 1 aliphatic carbocycles. The number of hydrogen-bond donors (Lipinski definition) is 7. The number of aromatic nitrogens is 4. The van der Waals surface area contributed by atoms with Crippen molar-refractivity contribution in [3.8, 4) is 45.0 Å². The van der Waals surface area contributed by atoms with Crippen LogP contribution in [-0.4, -0.2) is 232 Å². The fourth-order valence-corrected chi connectivity index (χ4v) is 15.4. The van der Waals surface area contributed by atoms with E-state index in [1.165, 1.54) is 32.2 Å². The first-order valence-electron chi connectivity index (χ1n) is 48.4. The Morgan fingerprint density at radius 1 is 0.489 bits per heavy atom. The standard InChI is InChI=1S/C23H27N3O4.C22H25N3O4.C22H27N3O3.C22H25N3O3.C9H10FN.C5H9ClO2.C2H6.CH4.B.Na.H/c1-30-21(27)13-12-20(23(29)26-15-5-2-6-16-26)25-22(28)18-10-8-17(9-11-18)19-7-3-4-14-24-19;26-20(27)12-11-19(22(29)25-14-4-1-5-15-25)24-21(28)17-9-7-16(8-10-17)18-6-2-3-13-23-18;2*26-16-6-8-20(22(28)25-14-4-1-5-15-25)24-21(27)18-11-9-17(10-12-18)19-7-2-3-13-23-19;10-7-3-1-6(2-4-7)8-5-9(8)11;1-4(2)3-8-5(6)7;1-2;;;;/h3-4,7-11,14,20H,2,5-6,12-13,15-16H2,1H3,(H,25,28);2-3,6-10,13,19H,1,4-5,11-12,14-15H2,(H,24,28)(H,26,27);2-3,7,9-13,20,26H,1,4-6,8,14-16H2,(H,24,27);2-3,7,9-13,16,20H,1,4-6,8,14-15H2,(H,24,27);1-4,8-9H,5,11H2;4H,3H2,1-2H3;1-2H3;1H4;;;/q;;;;;;;;;+1;-1/t20-;19-;2*20-;8-,9+;;;;;;/m00000....../s1/i;;;;;;2*1D;;;. The monoisotopic (exact) mass is 1930 g/mol. The maximum absolute atomic E-state index is 13.0. The van der Waals surface area contributed by atoms with Crippen molar-refractivity contribution < 1.29 is 115 Å². The van der Waals surface area contributed by atoms with E-state index in [4.69, 9.17) is 30.3 Å². The van der Waals surface area contributed by atoms with Crippen molar-refractivity contribution >= 4 is 90.9 Å². The number of pyridine rings is 4. The number of aldehydes is 1. The molecule has 8 amide bonds. The van der Waals surface area contributed by atoms with E-state index in [1.807, 2.05) is 140 Å². The molecule has 6 atom stereocenters. The number of carbonyl (C=O) groups is 12. The SMILES string of the molecule is CC(C)COC(=O)Cl.COC(=O)CC[C@H](NC(=O)c1ccc(-c2ccccn2)cc1)C(=O)N1CCCCC1.N[C@@H]1C[C@H]1c1ccc(F)cc1.O=C(N[C@@H](CCCO)C(=O)N1CCCCC1)c1ccc(-c2ccccn2)cc1.O=C(O)CC[C@H](NC(=O)c1ccc(-c2ccccn2)cc1)C(=O)N1CCCCC1.O=CCC[C@H](NC(=O)c1ccc(-c2ccccn2)cc1)C(=O)N1CCCCC1.[2H]C.[2H]CC.[B].[H-].[Na+]. The van der Waals surface area contributed by atoms with E-state index < -0.39 is 47.4 Å². The summed E-state index contributed by atoms with van der Waals surface area (Å²) in [6, 6.07) is 55.0. The van der Waals surface area contributed by atoms with Gasteiger partial charge in [-0.25, -0.2) is 9.18 Å². The van der Waals surface area contributed by atoms with Crippen LogP contribution in [0.1, 0.15) is 227 Å². The van der Waals surface area contributed by atoms with E-state index in [2.05, 4.69) is 50.7 Å². The van der Waals surface area contributed by atoms with Gasteiger partial charge in [0.1, 0.15) is 36.3 Å². The molecule has 8 N–H and O–H groups in total. The summed E-state index contributed by atoms with van der Waals surface area (Å²) in [6.45, 7) is 12.2. The fourth-order valence-electron chi connectivity index (χ4n) is 15.3. The molecular weight excluding hydrogens is 1800 g/mol. The summed E-state index contributed by atoms with van der Waals surface area (Å²) >= 11 is 4.86. The number of aliphatic carboxylic acids is 1. The van der Waals surface area contributed by atoms with Gasteiger partial charge in [-0.1, -0.05) is 120 Å². The molecule has 0 bridgehead atoms. The number of carbonyl (C=O) groups excluding carboxylic acids is 11. The second kappa shape index (κ2) is 64.8. The van der Waals surface area contributed by atoms with E-state index >= 15 is 0 Å². The van der Waals surface area contributed by atoms with Gasteiger partial charge in [-0.15, -0.1) is 0 Å². The van der Waals surface area contributed by atoms with Crippen molar-refractivity contribution in [2.75, 3.05) is 72.7 Å².